The Morgan fingerprint density at radius 3 is 3.13 bits per heavy atom. The second-order valence-corrected chi connectivity index (χ2v) is 4.68. The molecular formula is C9H8ClNO3S. The summed E-state index contributed by atoms with van der Waals surface area (Å²) in [7, 11) is 1.33. The zero-order chi connectivity index (χ0) is 10.8. The Hall–Kier alpha value is -1.07. The molecule has 80 valence electrons. The third kappa shape index (κ3) is 2.13. The van der Waals surface area contributed by atoms with Crippen molar-refractivity contribution in [3.63, 3.8) is 0 Å². The van der Waals surface area contributed by atoms with Crippen LogP contribution in [0.15, 0.2) is 17.3 Å². The van der Waals surface area contributed by atoms with Crippen molar-refractivity contribution < 1.29 is 14.4 Å². The van der Waals surface area contributed by atoms with E-state index in [2.05, 4.69) is 9.89 Å². The molecule has 1 unspecified atom stereocenters. The SMILES string of the molecule is COC(=O)C1CC(c2ccc(Cl)s2)=NO1. The minimum atomic E-state index is -0.620. The first kappa shape index (κ1) is 10.4. The van der Waals surface area contributed by atoms with Crippen LogP contribution in [0, 0.1) is 0 Å². The lowest BCUT2D eigenvalue weighted by atomic mass is 10.1. The highest BCUT2D eigenvalue weighted by Crippen LogP contribution is 2.26. The van der Waals surface area contributed by atoms with E-state index in [1.165, 1.54) is 18.4 Å². The second kappa shape index (κ2) is 4.20. The van der Waals surface area contributed by atoms with Crippen LogP contribution in [0.4, 0.5) is 0 Å². The number of hydrogen-bond acceptors (Lipinski definition) is 5. The third-order valence-electron chi connectivity index (χ3n) is 1.99. The van der Waals surface area contributed by atoms with Gasteiger partial charge in [-0.15, -0.1) is 11.3 Å². The fraction of sp³-hybridized carbons (Fsp3) is 0.333. The van der Waals surface area contributed by atoms with Crippen LogP contribution in [0.1, 0.15) is 11.3 Å². The van der Waals surface area contributed by atoms with E-state index in [0.29, 0.717) is 10.8 Å². The number of ether oxygens (including phenoxy) is 1. The minimum absolute atomic E-state index is 0.406. The lowest BCUT2D eigenvalue weighted by molar-refractivity contribution is -0.152. The molecular weight excluding hydrogens is 238 g/mol. The van der Waals surface area contributed by atoms with Crippen LogP contribution in [0.25, 0.3) is 0 Å². The van der Waals surface area contributed by atoms with Gasteiger partial charge in [0.2, 0.25) is 6.10 Å². The van der Waals surface area contributed by atoms with Crippen molar-refractivity contribution in [2.45, 2.75) is 12.5 Å². The van der Waals surface area contributed by atoms with Crippen molar-refractivity contribution in [2.24, 2.45) is 5.16 Å². The van der Waals surface area contributed by atoms with Crippen molar-refractivity contribution in [1.82, 2.24) is 0 Å². The quantitative estimate of drug-likeness (QED) is 0.750. The molecule has 0 aliphatic carbocycles. The molecule has 1 aliphatic heterocycles. The summed E-state index contributed by atoms with van der Waals surface area (Å²) in [5.41, 5.74) is 0.738. The first-order chi connectivity index (χ1) is 7.20. The lowest BCUT2D eigenvalue weighted by Crippen LogP contribution is -2.22. The summed E-state index contributed by atoms with van der Waals surface area (Å²) in [6, 6.07) is 3.64. The molecule has 0 amide bonds. The molecule has 0 N–H and O–H groups in total. The number of rotatable bonds is 2. The molecule has 0 fully saturated rings. The number of methoxy groups -OCH3 is 1. The lowest BCUT2D eigenvalue weighted by Gasteiger charge is -2.03. The Labute approximate surface area is 95.4 Å². The highest BCUT2D eigenvalue weighted by Gasteiger charge is 2.30. The van der Waals surface area contributed by atoms with Gasteiger partial charge < -0.3 is 9.57 Å². The van der Waals surface area contributed by atoms with Gasteiger partial charge in [-0.1, -0.05) is 16.8 Å². The van der Waals surface area contributed by atoms with Gasteiger partial charge in [-0.25, -0.2) is 4.79 Å². The Bertz CT molecular complexity index is 415. The van der Waals surface area contributed by atoms with Crippen LogP contribution in [-0.2, 0) is 14.4 Å². The number of halogens is 1. The van der Waals surface area contributed by atoms with Crippen molar-refractivity contribution >= 4 is 34.6 Å². The predicted molar refractivity (Wildman–Crippen MR) is 57.4 cm³/mol. The van der Waals surface area contributed by atoms with E-state index in [1.54, 1.807) is 6.07 Å². The largest absolute Gasteiger partial charge is 0.466 e. The molecule has 0 saturated carbocycles. The third-order valence-corrected chi connectivity index (χ3v) is 3.27. The Kier molecular flexibility index (Phi) is 2.93. The minimum Gasteiger partial charge on any atom is -0.466 e. The first-order valence-electron chi connectivity index (χ1n) is 4.27. The van der Waals surface area contributed by atoms with E-state index in [9.17, 15) is 4.79 Å². The molecule has 6 heteroatoms. The summed E-state index contributed by atoms with van der Waals surface area (Å²) in [6.07, 6.45) is -0.186. The number of esters is 1. The first-order valence-corrected chi connectivity index (χ1v) is 5.46. The topological polar surface area (TPSA) is 47.9 Å². The van der Waals surface area contributed by atoms with Crippen molar-refractivity contribution in [1.29, 1.82) is 0 Å². The molecule has 1 aliphatic rings. The summed E-state index contributed by atoms with van der Waals surface area (Å²) in [4.78, 5) is 17.0. The fourth-order valence-electron chi connectivity index (χ4n) is 1.25. The summed E-state index contributed by atoms with van der Waals surface area (Å²) in [6.45, 7) is 0. The molecule has 0 spiro atoms. The number of nitrogens with zero attached hydrogens (tertiary/aromatic N) is 1. The van der Waals surface area contributed by atoms with Crippen molar-refractivity contribution in [3.05, 3.63) is 21.3 Å². The number of carbonyl (C=O) groups is 1. The van der Waals surface area contributed by atoms with Crippen molar-refractivity contribution in [3.8, 4) is 0 Å². The molecule has 0 bridgehead atoms. The standard InChI is InChI=1S/C9H8ClNO3S/c1-13-9(12)6-4-5(11-14-6)7-2-3-8(10)15-7/h2-3,6H,4H2,1H3. The highest BCUT2D eigenvalue weighted by atomic mass is 35.5. The molecule has 2 heterocycles. The van der Waals surface area contributed by atoms with Gasteiger partial charge in [0.1, 0.15) is 5.71 Å². The average molecular weight is 246 g/mol. The zero-order valence-electron chi connectivity index (χ0n) is 7.90. The molecule has 1 aromatic rings. The maximum absolute atomic E-state index is 11.2. The van der Waals surface area contributed by atoms with E-state index in [4.69, 9.17) is 16.4 Å². The number of hydrogen-bond donors (Lipinski definition) is 0. The summed E-state index contributed by atoms with van der Waals surface area (Å²) in [5.74, 6) is -0.406. The summed E-state index contributed by atoms with van der Waals surface area (Å²) >= 11 is 7.20. The van der Waals surface area contributed by atoms with Crippen LogP contribution >= 0.6 is 22.9 Å². The molecule has 1 atom stereocenters. The van der Waals surface area contributed by atoms with Gasteiger partial charge in [0.15, 0.2) is 0 Å². The number of thiophene rings is 1. The van der Waals surface area contributed by atoms with Crippen molar-refractivity contribution in [2.75, 3.05) is 7.11 Å². The van der Waals surface area contributed by atoms with Crippen LogP contribution < -0.4 is 0 Å². The Balaban J connectivity index is 2.06. The van der Waals surface area contributed by atoms with E-state index >= 15 is 0 Å². The molecule has 1 aromatic heterocycles. The molecule has 4 nitrogen and oxygen atoms in total. The van der Waals surface area contributed by atoms with Crippen LogP contribution in [0.3, 0.4) is 0 Å². The van der Waals surface area contributed by atoms with Gasteiger partial charge in [0.05, 0.1) is 16.3 Å². The van der Waals surface area contributed by atoms with Gasteiger partial charge in [0.25, 0.3) is 0 Å². The molecule has 15 heavy (non-hydrogen) atoms. The van der Waals surface area contributed by atoms with Crippen LogP contribution in [-0.4, -0.2) is 24.9 Å². The molecule has 0 saturated heterocycles. The van der Waals surface area contributed by atoms with Crippen LogP contribution in [0.2, 0.25) is 4.34 Å². The predicted octanol–water partition coefficient (Wildman–Crippen LogP) is 2.07. The maximum Gasteiger partial charge on any atom is 0.350 e. The molecule has 0 aromatic carbocycles. The monoisotopic (exact) mass is 245 g/mol. The zero-order valence-corrected chi connectivity index (χ0v) is 9.47. The summed E-state index contributed by atoms with van der Waals surface area (Å²) in [5, 5.41) is 3.84. The average Bonchev–Trinajstić information content (AvgIpc) is 2.84. The molecule has 0 radical (unpaired) electrons. The van der Waals surface area contributed by atoms with Crippen LogP contribution in [0.5, 0.6) is 0 Å². The van der Waals surface area contributed by atoms with Gasteiger partial charge in [-0.2, -0.15) is 0 Å². The summed E-state index contributed by atoms with van der Waals surface area (Å²) < 4.78 is 5.25. The number of carbonyl (C=O) groups excluding carboxylic acids is 1. The van der Waals surface area contributed by atoms with Gasteiger partial charge in [-0.05, 0) is 12.1 Å². The van der Waals surface area contributed by atoms with E-state index < -0.39 is 12.1 Å². The molecule has 2 rings (SSSR count). The smallest absolute Gasteiger partial charge is 0.350 e. The van der Waals surface area contributed by atoms with E-state index in [1.807, 2.05) is 6.07 Å². The fourth-order valence-corrected chi connectivity index (χ4v) is 2.28. The Morgan fingerprint density at radius 2 is 2.53 bits per heavy atom. The highest BCUT2D eigenvalue weighted by molar-refractivity contribution is 7.18. The van der Waals surface area contributed by atoms with Gasteiger partial charge in [-0.3, -0.25) is 0 Å². The van der Waals surface area contributed by atoms with E-state index in [0.717, 1.165) is 10.6 Å². The van der Waals surface area contributed by atoms with Gasteiger partial charge in [0, 0.05) is 6.42 Å². The second-order valence-electron chi connectivity index (χ2n) is 2.96. The van der Waals surface area contributed by atoms with E-state index in [-0.39, 0.29) is 0 Å². The normalized spacial score (nSPS) is 19.6. The number of oxime groups is 1. The van der Waals surface area contributed by atoms with Gasteiger partial charge >= 0.3 is 5.97 Å². The maximum atomic E-state index is 11.2. The Morgan fingerprint density at radius 1 is 1.73 bits per heavy atom.